The van der Waals surface area contributed by atoms with Gasteiger partial charge in [0, 0.05) is 37.0 Å². The molecule has 1 unspecified atom stereocenters. The number of halogens is 1. The van der Waals surface area contributed by atoms with Crippen LogP contribution >= 0.6 is 15.9 Å². The van der Waals surface area contributed by atoms with E-state index < -0.39 is 41.7 Å². The lowest BCUT2D eigenvalue weighted by Gasteiger charge is -2.41. The van der Waals surface area contributed by atoms with Gasteiger partial charge in [-0.1, -0.05) is 77.7 Å². The Morgan fingerprint density at radius 1 is 1.12 bits per heavy atom. The van der Waals surface area contributed by atoms with Crippen molar-refractivity contribution in [3.63, 3.8) is 0 Å². The van der Waals surface area contributed by atoms with Crippen molar-refractivity contribution in [2.24, 2.45) is 11.8 Å². The van der Waals surface area contributed by atoms with Gasteiger partial charge in [0.05, 0.1) is 24.5 Å². The highest BCUT2D eigenvalue weighted by atomic mass is 79.9. The van der Waals surface area contributed by atoms with E-state index in [1.54, 1.807) is 17.1 Å². The Labute approximate surface area is 292 Å². The Morgan fingerprint density at radius 2 is 1.88 bits per heavy atom. The molecule has 1 saturated carbocycles. The van der Waals surface area contributed by atoms with Crippen molar-refractivity contribution in [1.29, 1.82) is 0 Å². The highest BCUT2D eigenvalue weighted by Crippen LogP contribution is 2.60. The van der Waals surface area contributed by atoms with Crippen LogP contribution < -0.4 is 5.32 Å². The number of nitrogens with one attached hydrogen (secondary N) is 1. The number of ether oxygens (including phenoxy) is 2. The number of carbonyl (C=O) groups is 4. The first-order chi connectivity index (χ1) is 23.3. The van der Waals surface area contributed by atoms with E-state index in [9.17, 15) is 24.3 Å². The fourth-order valence-electron chi connectivity index (χ4n) is 8.24. The van der Waals surface area contributed by atoms with Gasteiger partial charge in [-0.3, -0.25) is 19.2 Å². The average molecular weight is 729 g/mol. The number of carbonyl (C=O) groups excluding carboxylic acids is 4. The molecule has 7 atom stereocenters. The summed E-state index contributed by atoms with van der Waals surface area (Å²) in [6.45, 7) is 8.43. The van der Waals surface area contributed by atoms with Crippen LogP contribution in [0.2, 0.25) is 0 Å². The second-order valence-corrected chi connectivity index (χ2v) is 14.7. The minimum atomic E-state index is -1.19. The lowest BCUT2D eigenvalue weighted by Crippen LogP contribution is -2.58. The molecule has 4 aliphatic rings. The zero-order valence-electron chi connectivity index (χ0n) is 27.8. The summed E-state index contributed by atoms with van der Waals surface area (Å²) in [6.07, 6.45) is 10.1. The highest BCUT2D eigenvalue weighted by molar-refractivity contribution is 9.09. The molecule has 1 spiro atoms. The van der Waals surface area contributed by atoms with Gasteiger partial charge in [-0.05, 0) is 50.5 Å². The maximum absolute atomic E-state index is 14.8. The summed E-state index contributed by atoms with van der Waals surface area (Å²) >= 11 is 3.76. The lowest BCUT2D eigenvalue weighted by molar-refractivity contribution is -0.160. The average Bonchev–Trinajstić information content (AvgIpc) is 3.69. The summed E-state index contributed by atoms with van der Waals surface area (Å²) in [5.74, 6) is -3.00. The second-order valence-electron chi connectivity index (χ2n) is 13.5. The number of nitrogens with zero attached hydrogens (tertiary/aromatic N) is 2. The Bertz CT molecular complexity index is 1320. The summed E-state index contributed by atoms with van der Waals surface area (Å²) in [7, 11) is 0. The fourth-order valence-corrected chi connectivity index (χ4v) is 9.18. The quantitative estimate of drug-likeness (QED) is 0.104. The molecule has 48 heavy (non-hydrogen) atoms. The van der Waals surface area contributed by atoms with Gasteiger partial charge >= 0.3 is 5.97 Å². The molecular weight excluding hydrogens is 678 g/mol. The zero-order chi connectivity index (χ0) is 34.3. The van der Waals surface area contributed by atoms with Gasteiger partial charge in [-0.25, -0.2) is 0 Å². The summed E-state index contributed by atoms with van der Waals surface area (Å²) in [5, 5.41) is 12.2. The standard InChI is InChI=1S/C37H50BrN3O7/c1-3-5-19-29(43)39-24-28(25-15-9-6-10-16-25)47-36(46)30-31-34(44)41(21-13-8-14-22-42)33(37(31)23-27(38)32(30)48-37)35(45)40(20-4-2)26-17-11-7-12-18-26/h3-4,6,9-10,15-16,26-28,30-33,42H,1-2,5,7-8,11-14,17-24H2,(H,39,43)/t27?,28-,30-,31+,32-,33-,37+/m1/s1. The first kappa shape index (κ1) is 36.3. The molecule has 0 radical (unpaired) electrons. The number of hydrogen-bond donors (Lipinski definition) is 2. The van der Waals surface area contributed by atoms with E-state index in [0.717, 1.165) is 32.1 Å². The number of rotatable bonds is 17. The molecule has 11 heteroatoms. The van der Waals surface area contributed by atoms with Crippen LogP contribution in [0.15, 0.2) is 55.6 Å². The summed E-state index contributed by atoms with van der Waals surface area (Å²) in [4.78, 5) is 59.3. The number of alkyl halides is 1. The predicted octanol–water partition coefficient (Wildman–Crippen LogP) is 4.61. The van der Waals surface area contributed by atoms with Crippen LogP contribution in [0, 0.1) is 11.8 Å². The number of amides is 3. The molecule has 2 bridgehead atoms. The number of esters is 1. The molecule has 5 rings (SSSR count). The summed E-state index contributed by atoms with van der Waals surface area (Å²) in [6, 6.07) is 8.38. The van der Waals surface area contributed by atoms with Gasteiger partial charge in [0.1, 0.15) is 17.7 Å². The van der Waals surface area contributed by atoms with Crippen molar-refractivity contribution in [2.45, 2.75) is 105 Å². The van der Waals surface area contributed by atoms with Gasteiger partial charge in [-0.2, -0.15) is 0 Å². The normalized spacial score (nSPS) is 28.5. The van der Waals surface area contributed by atoms with Crippen LogP contribution in [-0.4, -0.2) is 93.5 Å². The molecule has 3 amide bonds. The molecular formula is C37H50BrN3O7. The predicted molar refractivity (Wildman–Crippen MR) is 185 cm³/mol. The van der Waals surface area contributed by atoms with Crippen molar-refractivity contribution in [2.75, 3.05) is 26.2 Å². The minimum absolute atomic E-state index is 0.0542. The van der Waals surface area contributed by atoms with Crippen LogP contribution in [0.1, 0.15) is 82.3 Å². The molecule has 1 aromatic carbocycles. The van der Waals surface area contributed by atoms with E-state index in [4.69, 9.17) is 9.47 Å². The molecule has 3 heterocycles. The van der Waals surface area contributed by atoms with E-state index >= 15 is 0 Å². The highest BCUT2D eigenvalue weighted by Gasteiger charge is 2.77. The van der Waals surface area contributed by atoms with Crippen LogP contribution in [0.25, 0.3) is 0 Å². The van der Waals surface area contributed by atoms with Crippen molar-refractivity contribution >= 4 is 39.6 Å². The van der Waals surface area contributed by atoms with Crippen molar-refractivity contribution < 1.29 is 33.8 Å². The van der Waals surface area contributed by atoms with Gasteiger partial charge in [0.15, 0.2) is 0 Å². The maximum Gasteiger partial charge on any atom is 0.313 e. The monoisotopic (exact) mass is 727 g/mol. The summed E-state index contributed by atoms with van der Waals surface area (Å²) < 4.78 is 12.9. The molecule has 1 aliphatic carbocycles. The number of aliphatic hydroxyl groups excluding tert-OH is 1. The Balaban J connectivity index is 1.44. The largest absolute Gasteiger partial charge is 0.455 e. The van der Waals surface area contributed by atoms with Crippen LogP contribution in [-0.2, 0) is 28.7 Å². The number of aliphatic hydroxyl groups is 1. The van der Waals surface area contributed by atoms with Crippen LogP contribution in [0.3, 0.4) is 0 Å². The first-order valence-corrected chi connectivity index (χ1v) is 18.5. The maximum atomic E-state index is 14.8. The molecule has 10 nitrogen and oxygen atoms in total. The second kappa shape index (κ2) is 16.6. The third kappa shape index (κ3) is 7.43. The minimum Gasteiger partial charge on any atom is -0.455 e. The number of fused-ring (bicyclic) bond motifs is 1. The van der Waals surface area contributed by atoms with E-state index in [1.807, 2.05) is 35.2 Å². The van der Waals surface area contributed by atoms with Crippen LogP contribution in [0.4, 0.5) is 0 Å². The van der Waals surface area contributed by atoms with Crippen molar-refractivity contribution in [3.05, 3.63) is 61.2 Å². The summed E-state index contributed by atoms with van der Waals surface area (Å²) in [5.41, 5.74) is -0.476. The van der Waals surface area contributed by atoms with E-state index in [1.165, 1.54) is 0 Å². The molecule has 1 aromatic rings. The van der Waals surface area contributed by atoms with Crippen molar-refractivity contribution in [3.8, 4) is 0 Å². The van der Waals surface area contributed by atoms with Gasteiger partial charge in [-0.15, -0.1) is 13.2 Å². The Morgan fingerprint density at radius 3 is 2.56 bits per heavy atom. The Hall–Kier alpha value is -3.02. The van der Waals surface area contributed by atoms with Crippen molar-refractivity contribution in [1.82, 2.24) is 15.1 Å². The number of hydrogen-bond acceptors (Lipinski definition) is 7. The molecule has 3 aliphatic heterocycles. The third-order valence-electron chi connectivity index (χ3n) is 10.5. The van der Waals surface area contributed by atoms with Gasteiger partial charge in [0.2, 0.25) is 17.7 Å². The number of allylic oxidation sites excluding steroid dienone is 1. The van der Waals surface area contributed by atoms with E-state index in [-0.39, 0.29) is 48.2 Å². The number of unbranched alkanes of at least 4 members (excludes halogenated alkanes) is 2. The zero-order valence-corrected chi connectivity index (χ0v) is 29.4. The topological polar surface area (TPSA) is 125 Å². The van der Waals surface area contributed by atoms with E-state index in [0.29, 0.717) is 50.8 Å². The number of likely N-dealkylation sites (tertiary alicyclic amines) is 1. The molecule has 262 valence electrons. The van der Waals surface area contributed by atoms with Gasteiger partial charge in [0.25, 0.3) is 0 Å². The van der Waals surface area contributed by atoms with Gasteiger partial charge < -0.3 is 29.7 Å². The lowest BCUT2D eigenvalue weighted by atomic mass is 9.70. The first-order valence-electron chi connectivity index (χ1n) is 17.5. The van der Waals surface area contributed by atoms with E-state index in [2.05, 4.69) is 34.4 Å². The smallest absolute Gasteiger partial charge is 0.313 e. The fraction of sp³-hybridized carbons (Fsp3) is 0.622. The SMILES string of the molecule is C=CCCC(=O)NC[C@@H](OC(=O)[C@H]1[C@@H]2O[C@@]3(CC2Br)[C@@H]1C(=O)N(CCCCCO)[C@@H]3C(=O)N(CC=C)C1CCCCC1)c1ccccc1. The molecule has 2 N–H and O–H groups in total. The van der Waals surface area contributed by atoms with Crippen LogP contribution in [0.5, 0.6) is 0 Å². The third-order valence-corrected chi connectivity index (χ3v) is 11.3. The Kier molecular flexibility index (Phi) is 12.5. The molecule has 0 aromatic heterocycles. The molecule has 3 saturated heterocycles. The molecule has 4 fully saturated rings. The number of benzene rings is 1.